The van der Waals surface area contributed by atoms with Gasteiger partial charge in [0.25, 0.3) is 0 Å². The lowest BCUT2D eigenvalue weighted by atomic mass is 9.81. The topological polar surface area (TPSA) is 40.5 Å². The highest BCUT2D eigenvalue weighted by Crippen LogP contribution is 2.29. The number of rotatable bonds is 1. The normalized spacial score (nSPS) is 33.7. The molecular weight excluding hydrogens is 272 g/mol. The molecule has 0 aromatic carbocycles. The predicted octanol–water partition coefficient (Wildman–Crippen LogP) is 4.93. The summed E-state index contributed by atoms with van der Waals surface area (Å²) in [4.78, 5) is 0. The molecule has 0 fully saturated rings. The second kappa shape index (κ2) is 8.69. The number of aliphatic hydroxyl groups is 2. The molecule has 0 saturated carbocycles. The van der Waals surface area contributed by atoms with Crippen LogP contribution in [0.4, 0.5) is 0 Å². The zero-order valence-electron chi connectivity index (χ0n) is 15.0. The molecular formula is C20H34O2. The van der Waals surface area contributed by atoms with Crippen LogP contribution in [-0.2, 0) is 0 Å². The van der Waals surface area contributed by atoms with Crippen molar-refractivity contribution in [2.75, 3.05) is 0 Å². The third-order valence-corrected chi connectivity index (χ3v) is 4.69. The van der Waals surface area contributed by atoms with Crippen molar-refractivity contribution in [1.29, 1.82) is 0 Å². The molecule has 2 heteroatoms. The van der Waals surface area contributed by atoms with E-state index in [9.17, 15) is 10.2 Å². The minimum Gasteiger partial charge on any atom is -0.390 e. The molecule has 1 aliphatic carbocycles. The van der Waals surface area contributed by atoms with E-state index < -0.39 is 11.7 Å². The molecule has 0 bridgehead atoms. The maximum absolute atomic E-state index is 10.6. The Labute approximate surface area is 136 Å². The minimum absolute atomic E-state index is 0.133. The van der Waals surface area contributed by atoms with Gasteiger partial charge in [0, 0.05) is 5.92 Å². The van der Waals surface area contributed by atoms with E-state index in [0.717, 1.165) is 38.5 Å². The van der Waals surface area contributed by atoms with Crippen LogP contribution in [0.3, 0.4) is 0 Å². The highest BCUT2D eigenvalue weighted by atomic mass is 16.3. The van der Waals surface area contributed by atoms with Crippen LogP contribution in [0.5, 0.6) is 0 Å². The van der Waals surface area contributed by atoms with Crippen LogP contribution >= 0.6 is 0 Å². The van der Waals surface area contributed by atoms with Crippen molar-refractivity contribution in [3.63, 3.8) is 0 Å². The SMILES string of the molecule is C/C1=C\CC/C(C)=C/C(O)C(C(C)(C)O)CC/C(C)=C/CC1. The van der Waals surface area contributed by atoms with Gasteiger partial charge < -0.3 is 10.2 Å². The summed E-state index contributed by atoms with van der Waals surface area (Å²) in [6.07, 6.45) is 11.9. The van der Waals surface area contributed by atoms with Crippen molar-refractivity contribution in [3.05, 3.63) is 34.9 Å². The monoisotopic (exact) mass is 306 g/mol. The Morgan fingerprint density at radius 3 is 1.95 bits per heavy atom. The molecule has 2 nitrogen and oxygen atoms in total. The number of hydrogen-bond donors (Lipinski definition) is 2. The zero-order valence-corrected chi connectivity index (χ0v) is 15.0. The molecule has 2 unspecified atom stereocenters. The second-order valence-corrected chi connectivity index (χ2v) is 7.48. The van der Waals surface area contributed by atoms with Gasteiger partial charge in [-0.15, -0.1) is 0 Å². The van der Waals surface area contributed by atoms with Crippen LogP contribution in [0.1, 0.15) is 73.1 Å². The van der Waals surface area contributed by atoms with Crippen molar-refractivity contribution in [1.82, 2.24) is 0 Å². The standard InChI is InChI=1S/C20H34O2/c1-15-8-6-10-16(2)12-13-18(20(4,5)22)19(21)14-17(3)11-7-9-15/h9-10,14,18-19,21-22H,6-8,11-13H2,1-5H3/b15-9+,16-10+,17-14+. The molecule has 2 N–H and O–H groups in total. The lowest BCUT2D eigenvalue weighted by Gasteiger charge is -2.32. The van der Waals surface area contributed by atoms with Crippen LogP contribution in [0.2, 0.25) is 0 Å². The second-order valence-electron chi connectivity index (χ2n) is 7.48. The summed E-state index contributed by atoms with van der Waals surface area (Å²) < 4.78 is 0. The van der Waals surface area contributed by atoms with Gasteiger partial charge >= 0.3 is 0 Å². The average molecular weight is 306 g/mol. The van der Waals surface area contributed by atoms with Gasteiger partial charge in [-0.2, -0.15) is 0 Å². The van der Waals surface area contributed by atoms with Crippen molar-refractivity contribution in [3.8, 4) is 0 Å². The van der Waals surface area contributed by atoms with Crippen molar-refractivity contribution in [2.24, 2.45) is 5.92 Å². The van der Waals surface area contributed by atoms with Gasteiger partial charge in [0.2, 0.25) is 0 Å². The first-order valence-electron chi connectivity index (χ1n) is 8.59. The maximum Gasteiger partial charge on any atom is 0.0778 e. The molecule has 0 heterocycles. The van der Waals surface area contributed by atoms with Crippen LogP contribution in [0, 0.1) is 5.92 Å². The Morgan fingerprint density at radius 1 is 0.909 bits per heavy atom. The lowest BCUT2D eigenvalue weighted by molar-refractivity contribution is -0.0345. The molecule has 126 valence electrons. The third kappa shape index (κ3) is 6.93. The Bertz CT molecular complexity index is 435. The molecule has 1 rings (SSSR count). The largest absolute Gasteiger partial charge is 0.390 e. The van der Waals surface area contributed by atoms with E-state index in [2.05, 4.69) is 32.9 Å². The molecule has 0 aliphatic heterocycles. The Morgan fingerprint density at radius 2 is 1.41 bits per heavy atom. The first-order valence-corrected chi connectivity index (χ1v) is 8.59. The van der Waals surface area contributed by atoms with E-state index in [4.69, 9.17) is 0 Å². The van der Waals surface area contributed by atoms with Gasteiger partial charge in [0.05, 0.1) is 11.7 Å². The molecule has 2 atom stereocenters. The molecule has 0 aromatic rings. The fourth-order valence-corrected chi connectivity index (χ4v) is 3.11. The van der Waals surface area contributed by atoms with Gasteiger partial charge in [0.15, 0.2) is 0 Å². The quantitative estimate of drug-likeness (QED) is 0.674. The number of hydrogen-bond acceptors (Lipinski definition) is 2. The molecule has 0 radical (unpaired) electrons. The highest BCUT2D eigenvalue weighted by molar-refractivity contribution is 5.10. The van der Waals surface area contributed by atoms with Crippen LogP contribution < -0.4 is 0 Å². The summed E-state index contributed by atoms with van der Waals surface area (Å²) in [5.74, 6) is -0.133. The van der Waals surface area contributed by atoms with E-state index in [1.807, 2.05) is 6.08 Å². The van der Waals surface area contributed by atoms with E-state index in [1.54, 1.807) is 13.8 Å². The first-order chi connectivity index (χ1) is 10.2. The number of allylic oxidation sites excluding steroid dienone is 5. The van der Waals surface area contributed by atoms with Crippen molar-refractivity contribution < 1.29 is 10.2 Å². The third-order valence-electron chi connectivity index (χ3n) is 4.69. The van der Waals surface area contributed by atoms with E-state index in [1.165, 1.54) is 16.7 Å². The summed E-state index contributed by atoms with van der Waals surface area (Å²) in [6, 6.07) is 0. The molecule has 0 spiro atoms. The van der Waals surface area contributed by atoms with Crippen LogP contribution in [-0.4, -0.2) is 21.9 Å². The summed E-state index contributed by atoms with van der Waals surface area (Å²) >= 11 is 0. The Balaban J connectivity index is 2.96. The van der Waals surface area contributed by atoms with E-state index >= 15 is 0 Å². The molecule has 0 amide bonds. The predicted molar refractivity (Wildman–Crippen MR) is 94.8 cm³/mol. The van der Waals surface area contributed by atoms with Gasteiger partial charge in [-0.1, -0.05) is 34.9 Å². The van der Waals surface area contributed by atoms with E-state index in [-0.39, 0.29) is 5.92 Å². The smallest absolute Gasteiger partial charge is 0.0778 e. The Kier molecular flexibility index (Phi) is 7.58. The minimum atomic E-state index is -0.871. The lowest BCUT2D eigenvalue weighted by Crippen LogP contribution is -2.38. The molecule has 1 aliphatic rings. The van der Waals surface area contributed by atoms with E-state index in [0.29, 0.717) is 0 Å². The molecule has 0 aromatic heterocycles. The summed E-state index contributed by atoms with van der Waals surface area (Å²) in [5, 5.41) is 21.0. The fraction of sp³-hybridized carbons (Fsp3) is 0.700. The zero-order chi connectivity index (χ0) is 16.8. The molecule has 0 saturated heterocycles. The van der Waals surface area contributed by atoms with Gasteiger partial charge in [-0.05, 0) is 73.1 Å². The highest BCUT2D eigenvalue weighted by Gasteiger charge is 2.31. The fourth-order valence-electron chi connectivity index (χ4n) is 3.11. The van der Waals surface area contributed by atoms with Crippen molar-refractivity contribution in [2.45, 2.75) is 84.8 Å². The maximum atomic E-state index is 10.6. The molecule has 22 heavy (non-hydrogen) atoms. The Hall–Kier alpha value is -0.860. The van der Waals surface area contributed by atoms with Crippen molar-refractivity contribution >= 4 is 0 Å². The van der Waals surface area contributed by atoms with Crippen LogP contribution in [0.25, 0.3) is 0 Å². The van der Waals surface area contributed by atoms with Gasteiger partial charge in [-0.3, -0.25) is 0 Å². The summed E-state index contributed by atoms with van der Waals surface area (Å²) in [7, 11) is 0. The van der Waals surface area contributed by atoms with Crippen LogP contribution in [0.15, 0.2) is 34.9 Å². The average Bonchev–Trinajstić information content (AvgIpc) is 2.36. The number of aliphatic hydroxyl groups excluding tert-OH is 1. The summed E-state index contributed by atoms with van der Waals surface area (Å²) in [5.41, 5.74) is 3.13. The first kappa shape index (κ1) is 19.2. The van der Waals surface area contributed by atoms with Gasteiger partial charge in [0.1, 0.15) is 0 Å². The van der Waals surface area contributed by atoms with Gasteiger partial charge in [-0.25, -0.2) is 0 Å². The summed E-state index contributed by atoms with van der Waals surface area (Å²) in [6.45, 7) is 10.0.